The van der Waals surface area contributed by atoms with E-state index in [4.69, 9.17) is 23.2 Å². The average Bonchev–Trinajstić information content (AvgIpc) is 2.26. The van der Waals surface area contributed by atoms with Gasteiger partial charge >= 0.3 is 0 Å². The average molecular weight is 276 g/mol. The number of nitrogens with zero attached hydrogens (tertiary/aromatic N) is 1. The third kappa shape index (κ3) is 2.54. The first kappa shape index (κ1) is 12.2. The Morgan fingerprint density at radius 2 is 2.25 bits per heavy atom. The number of halogens is 2. The minimum absolute atomic E-state index is 0.0916. The van der Waals surface area contributed by atoms with E-state index in [1.807, 2.05) is 16.4 Å². The van der Waals surface area contributed by atoms with Crippen LogP contribution in [-0.2, 0) is 0 Å². The van der Waals surface area contributed by atoms with Gasteiger partial charge in [0.1, 0.15) is 0 Å². The highest BCUT2D eigenvalue weighted by Crippen LogP contribution is 2.35. The number of benzene rings is 1. The summed E-state index contributed by atoms with van der Waals surface area (Å²) >= 11 is 13.2. The summed E-state index contributed by atoms with van der Waals surface area (Å²) in [5.41, 5.74) is 0.663. The molecule has 1 heterocycles. The Kier molecular flexibility index (Phi) is 4.14. The molecule has 1 aromatic carbocycles. The third-order valence-electron chi connectivity index (χ3n) is 2.34. The van der Waals surface area contributed by atoms with Crippen molar-refractivity contribution in [2.45, 2.75) is 11.3 Å². The number of hydrogen-bond acceptors (Lipinski definition) is 3. The Morgan fingerprint density at radius 3 is 3.00 bits per heavy atom. The van der Waals surface area contributed by atoms with Crippen LogP contribution in [0.5, 0.6) is 0 Å². The van der Waals surface area contributed by atoms with Crippen molar-refractivity contribution in [3.05, 3.63) is 28.8 Å². The van der Waals surface area contributed by atoms with Crippen LogP contribution in [0.2, 0.25) is 5.02 Å². The van der Waals surface area contributed by atoms with Gasteiger partial charge in [0.05, 0.1) is 17.1 Å². The van der Waals surface area contributed by atoms with E-state index in [-0.39, 0.29) is 5.78 Å². The molecule has 1 aliphatic heterocycles. The molecule has 0 spiro atoms. The molecule has 0 saturated heterocycles. The maximum absolute atomic E-state index is 11.9. The van der Waals surface area contributed by atoms with Gasteiger partial charge in [-0.1, -0.05) is 17.7 Å². The summed E-state index contributed by atoms with van der Waals surface area (Å²) in [6.07, 6.45) is 0.887. The Hall–Kier alpha value is -0.220. The molecule has 0 amide bonds. The molecule has 2 rings (SSSR count). The lowest BCUT2D eigenvalue weighted by Crippen LogP contribution is -2.29. The molecule has 0 fully saturated rings. The molecule has 2 nitrogen and oxygen atoms in total. The number of ketones is 1. The second-order valence-corrected chi connectivity index (χ2v) is 5.46. The Labute approximate surface area is 109 Å². The second kappa shape index (κ2) is 5.41. The summed E-state index contributed by atoms with van der Waals surface area (Å²) in [5.74, 6) is 0.710. The smallest absolute Gasteiger partial charge is 0.180 e. The van der Waals surface area contributed by atoms with Gasteiger partial charge in [-0.15, -0.1) is 11.6 Å². The van der Waals surface area contributed by atoms with E-state index >= 15 is 0 Å². The highest BCUT2D eigenvalue weighted by atomic mass is 35.5. The fourth-order valence-corrected chi connectivity index (χ4v) is 3.21. The molecule has 5 heteroatoms. The molecule has 0 aliphatic carbocycles. The summed E-state index contributed by atoms with van der Waals surface area (Å²) in [7, 11) is 0. The van der Waals surface area contributed by atoms with Crippen molar-refractivity contribution in [3.8, 4) is 0 Å². The standard InChI is InChI=1S/C11H11Cl2NOS/c12-5-2-6-14-7-9(15)11-8(13)3-1-4-10(11)16-14/h1,3-4H,2,5-7H2. The molecule has 16 heavy (non-hydrogen) atoms. The van der Waals surface area contributed by atoms with E-state index < -0.39 is 0 Å². The van der Waals surface area contributed by atoms with Crippen molar-refractivity contribution < 1.29 is 4.79 Å². The lowest BCUT2D eigenvalue weighted by Gasteiger charge is -2.26. The Balaban J connectivity index is 2.20. The van der Waals surface area contributed by atoms with Crippen molar-refractivity contribution >= 4 is 40.9 Å². The lowest BCUT2D eigenvalue weighted by atomic mass is 10.1. The van der Waals surface area contributed by atoms with Crippen molar-refractivity contribution in [1.29, 1.82) is 0 Å². The fraction of sp³-hybridized carbons (Fsp3) is 0.364. The molecule has 1 aromatic rings. The van der Waals surface area contributed by atoms with Gasteiger partial charge in [-0.2, -0.15) is 0 Å². The van der Waals surface area contributed by atoms with E-state index in [0.29, 0.717) is 23.0 Å². The van der Waals surface area contributed by atoms with Crippen LogP contribution < -0.4 is 0 Å². The summed E-state index contributed by atoms with van der Waals surface area (Å²) in [6, 6.07) is 5.55. The van der Waals surface area contributed by atoms with E-state index in [1.165, 1.54) is 0 Å². The molecular formula is C11H11Cl2NOS. The van der Waals surface area contributed by atoms with Crippen LogP contribution in [-0.4, -0.2) is 29.1 Å². The predicted molar refractivity (Wildman–Crippen MR) is 68.5 cm³/mol. The zero-order chi connectivity index (χ0) is 11.5. The van der Waals surface area contributed by atoms with E-state index in [0.717, 1.165) is 17.9 Å². The van der Waals surface area contributed by atoms with E-state index in [2.05, 4.69) is 0 Å². The van der Waals surface area contributed by atoms with Crippen molar-refractivity contribution in [2.24, 2.45) is 0 Å². The summed E-state index contributed by atoms with van der Waals surface area (Å²) in [5, 5.41) is 0.548. The minimum atomic E-state index is 0.0916. The first-order valence-corrected chi connectivity index (χ1v) is 6.71. The molecule has 86 valence electrons. The number of rotatable bonds is 3. The minimum Gasteiger partial charge on any atom is -0.293 e. The summed E-state index contributed by atoms with van der Waals surface area (Å²) < 4.78 is 2.03. The molecule has 0 radical (unpaired) electrons. The number of Topliss-reactive ketones (excluding diaryl/α,β-unsaturated/α-hetero) is 1. The molecule has 0 atom stereocenters. The Morgan fingerprint density at radius 1 is 1.44 bits per heavy atom. The number of fused-ring (bicyclic) bond motifs is 1. The topological polar surface area (TPSA) is 20.3 Å². The van der Waals surface area contributed by atoms with Crippen LogP contribution in [0.15, 0.2) is 23.1 Å². The SMILES string of the molecule is O=C1CN(CCCCl)Sc2cccc(Cl)c21. The monoisotopic (exact) mass is 275 g/mol. The quantitative estimate of drug-likeness (QED) is 0.622. The first-order valence-electron chi connectivity index (χ1n) is 5.03. The van der Waals surface area contributed by atoms with Crippen molar-refractivity contribution in [3.63, 3.8) is 0 Å². The van der Waals surface area contributed by atoms with Gasteiger partial charge in [0.2, 0.25) is 0 Å². The number of alkyl halides is 1. The zero-order valence-corrected chi connectivity index (χ0v) is 10.9. The van der Waals surface area contributed by atoms with Crippen LogP contribution in [0.3, 0.4) is 0 Å². The van der Waals surface area contributed by atoms with Gasteiger partial charge in [0.25, 0.3) is 0 Å². The van der Waals surface area contributed by atoms with Gasteiger partial charge in [-0.25, -0.2) is 4.31 Å². The van der Waals surface area contributed by atoms with Crippen LogP contribution in [0, 0.1) is 0 Å². The van der Waals surface area contributed by atoms with E-state index in [9.17, 15) is 4.79 Å². The van der Waals surface area contributed by atoms with Crippen molar-refractivity contribution in [2.75, 3.05) is 19.0 Å². The molecule has 0 aromatic heterocycles. The lowest BCUT2D eigenvalue weighted by molar-refractivity contribution is 0.0963. The highest BCUT2D eigenvalue weighted by molar-refractivity contribution is 7.97. The molecule has 1 aliphatic rings. The Bertz CT molecular complexity index is 411. The maximum atomic E-state index is 11.9. The number of carbonyl (C=O) groups excluding carboxylic acids is 1. The highest BCUT2D eigenvalue weighted by Gasteiger charge is 2.25. The van der Waals surface area contributed by atoms with Gasteiger partial charge in [-0.3, -0.25) is 4.79 Å². The molecule has 0 bridgehead atoms. The number of hydrogen-bond donors (Lipinski definition) is 0. The summed E-state index contributed by atoms with van der Waals surface area (Å²) in [4.78, 5) is 12.9. The summed E-state index contributed by atoms with van der Waals surface area (Å²) in [6.45, 7) is 1.24. The first-order chi connectivity index (χ1) is 7.72. The maximum Gasteiger partial charge on any atom is 0.180 e. The van der Waals surface area contributed by atoms with E-state index in [1.54, 1.807) is 18.0 Å². The largest absolute Gasteiger partial charge is 0.293 e. The number of carbonyl (C=O) groups is 1. The van der Waals surface area contributed by atoms with Crippen LogP contribution in [0.4, 0.5) is 0 Å². The van der Waals surface area contributed by atoms with Crippen molar-refractivity contribution in [1.82, 2.24) is 4.31 Å². The fourth-order valence-electron chi connectivity index (χ4n) is 1.62. The molecule has 0 N–H and O–H groups in total. The molecule has 0 saturated carbocycles. The van der Waals surface area contributed by atoms with Gasteiger partial charge in [0.15, 0.2) is 5.78 Å². The molecular weight excluding hydrogens is 265 g/mol. The molecule has 0 unspecified atom stereocenters. The normalized spacial score (nSPS) is 16.2. The zero-order valence-electron chi connectivity index (χ0n) is 8.58. The third-order valence-corrected chi connectivity index (χ3v) is 4.03. The second-order valence-electron chi connectivity index (χ2n) is 3.53. The van der Waals surface area contributed by atoms with Gasteiger partial charge < -0.3 is 0 Å². The van der Waals surface area contributed by atoms with Crippen LogP contribution in [0.1, 0.15) is 16.8 Å². The van der Waals surface area contributed by atoms with Gasteiger partial charge in [0, 0.05) is 17.3 Å². The van der Waals surface area contributed by atoms with Crippen LogP contribution in [0.25, 0.3) is 0 Å². The van der Waals surface area contributed by atoms with Gasteiger partial charge in [-0.05, 0) is 30.5 Å². The predicted octanol–water partition coefficient (Wildman–Crippen LogP) is 3.47. The van der Waals surface area contributed by atoms with Crippen LogP contribution >= 0.6 is 35.1 Å².